The van der Waals surface area contributed by atoms with Crippen LogP contribution < -0.4 is 5.32 Å². The summed E-state index contributed by atoms with van der Waals surface area (Å²) in [5.74, 6) is 0.842. The van der Waals surface area contributed by atoms with Gasteiger partial charge in [0.1, 0.15) is 0 Å². The molecule has 2 N–H and O–H groups in total. The maximum atomic E-state index is 12.1. The van der Waals surface area contributed by atoms with Gasteiger partial charge in [0.25, 0.3) is 5.91 Å². The Morgan fingerprint density at radius 1 is 1.10 bits per heavy atom. The zero-order valence-electron chi connectivity index (χ0n) is 11.5. The molecular weight excluding hydrogens is 280 g/mol. The second kappa shape index (κ2) is 6.50. The molecule has 0 aliphatic rings. The van der Waals surface area contributed by atoms with E-state index in [1.807, 2.05) is 48.7 Å². The molecule has 0 radical (unpaired) electrons. The van der Waals surface area contributed by atoms with Gasteiger partial charge in [0, 0.05) is 39.9 Å². The molecule has 0 bridgehead atoms. The van der Waals surface area contributed by atoms with Crippen LogP contribution in [0.4, 0.5) is 0 Å². The first-order valence-corrected chi connectivity index (χ1v) is 7.85. The van der Waals surface area contributed by atoms with E-state index in [1.165, 1.54) is 4.90 Å². The zero-order chi connectivity index (χ0) is 14.5. The van der Waals surface area contributed by atoms with Crippen LogP contribution >= 0.6 is 11.8 Å². The van der Waals surface area contributed by atoms with Crippen molar-refractivity contribution >= 4 is 28.6 Å². The Kier molecular flexibility index (Phi) is 4.26. The van der Waals surface area contributed by atoms with E-state index in [4.69, 9.17) is 0 Å². The highest BCUT2D eigenvalue weighted by Crippen LogP contribution is 2.16. The summed E-state index contributed by atoms with van der Waals surface area (Å²) in [5, 5.41) is 4.01. The first-order chi connectivity index (χ1) is 10.3. The Morgan fingerprint density at radius 3 is 2.81 bits per heavy atom. The van der Waals surface area contributed by atoms with E-state index in [1.54, 1.807) is 11.8 Å². The lowest BCUT2D eigenvalue weighted by atomic mass is 10.1. The number of hydrogen-bond donors (Lipinski definition) is 2. The monoisotopic (exact) mass is 296 g/mol. The van der Waals surface area contributed by atoms with Crippen LogP contribution in [0.5, 0.6) is 0 Å². The van der Waals surface area contributed by atoms with Crippen molar-refractivity contribution < 1.29 is 4.79 Å². The number of nitrogens with one attached hydrogen (secondary N) is 2. The van der Waals surface area contributed by atoms with Gasteiger partial charge in [-0.2, -0.15) is 0 Å². The maximum Gasteiger partial charge on any atom is 0.251 e. The van der Waals surface area contributed by atoms with Crippen LogP contribution in [0.1, 0.15) is 10.4 Å². The van der Waals surface area contributed by atoms with Crippen molar-refractivity contribution in [3.8, 4) is 0 Å². The van der Waals surface area contributed by atoms with Gasteiger partial charge in [-0.05, 0) is 36.4 Å². The minimum absolute atomic E-state index is 0.0215. The van der Waals surface area contributed by atoms with E-state index in [0.29, 0.717) is 12.1 Å². The summed E-state index contributed by atoms with van der Waals surface area (Å²) in [5.41, 5.74) is 1.75. The van der Waals surface area contributed by atoms with Gasteiger partial charge in [-0.1, -0.05) is 18.2 Å². The summed E-state index contributed by atoms with van der Waals surface area (Å²) >= 11 is 1.74. The molecule has 0 spiro atoms. The number of carbonyl (C=O) groups is 1. The van der Waals surface area contributed by atoms with Crippen molar-refractivity contribution in [2.24, 2.45) is 0 Å². The van der Waals surface area contributed by atoms with Crippen molar-refractivity contribution in [2.45, 2.75) is 4.90 Å². The molecule has 3 rings (SSSR count). The number of carbonyl (C=O) groups excluding carboxylic acids is 1. The third-order valence-corrected chi connectivity index (χ3v) is 4.23. The quantitative estimate of drug-likeness (QED) is 0.557. The zero-order valence-corrected chi connectivity index (χ0v) is 12.3. The standard InChI is InChI=1S/C17H16N2OS/c20-17(14-6-7-16-13(12-14)8-9-18-16)19-10-11-21-15-4-2-1-3-5-15/h1-9,12,18H,10-11H2,(H,19,20). The van der Waals surface area contributed by atoms with Crippen LogP contribution in [0.15, 0.2) is 65.7 Å². The smallest absolute Gasteiger partial charge is 0.251 e. The minimum atomic E-state index is -0.0215. The fourth-order valence-electron chi connectivity index (χ4n) is 2.15. The molecule has 21 heavy (non-hydrogen) atoms. The minimum Gasteiger partial charge on any atom is -0.361 e. The van der Waals surface area contributed by atoms with Gasteiger partial charge < -0.3 is 10.3 Å². The molecule has 0 aliphatic heterocycles. The van der Waals surface area contributed by atoms with Gasteiger partial charge >= 0.3 is 0 Å². The summed E-state index contributed by atoms with van der Waals surface area (Å²) in [7, 11) is 0. The Balaban J connectivity index is 1.52. The lowest BCUT2D eigenvalue weighted by Crippen LogP contribution is -2.25. The number of benzene rings is 2. The normalized spacial score (nSPS) is 10.7. The predicted molar refractivity (Wildman–Crippen MR) is 87.8 cm³/mol. The number of rotatable bonds is 5. The number of aromatic amines is 1. The van der Waals surface area contributed by atoms with Crippen LogP contribution in [0.3, 0.4) is 0 Å². The predicted octanol–water partition coefficient (Wildman–Crippen LogP) is 3.69. The van der Waals surface area contributed by atoms with E-state index in [-0.39, 0.29) is 5.91 Å². The molecule has 3 nitrogen and oxygen atoms in total. The molecule has 2 aromatic carbocycles. The third kappa shape index (κ3) is 3.47. The van der Waals surface area contributed by atoms with E-state index >= 15 is 0 Å². The van der Waals surface area contributed by atoms with Gasteiger partial charge in [-0.3, -0.25) is 4.79 Å². The SMILES string of the molecule is O=C(NCCSc1ccccc1)c1ccc2[nH]ccc2c1. The molecule has 0 atom stereocenters. The fourth-order valence-corrected chi connectivity index (χ4v) is 2.94. The number of thioether (sulfide) groups is 1. The van der Waals surface area contributed by atoms with Crippen molar-refractivity contribution in [3.63, 3.8) is 0 Å². The summed E-state index contributed by atoms with van der Waals surface area (Å²) in [6.45, 7) is 0.656. The lowest BCUT2D eigenvalue weighted by molar-refractivity contribution is 0.0956. The summed E-state index contributed by atoms with van der Waals surface area (Å²) in [6, 6.07) is 17.9. The Morgan fingerprint density at radius 2 is 1.95 bits per heavy atom. The van der Waals surface area contributed by atoms with Crippen LogP contribution in [0.25, 0.3) is 10.9 Å². The van der Waals surface area contributed by atoms with Crippen LogP contribution in [0.2, 0.25) is 0 Å². The first kappa shape index (κ1) is 13.8. The van der Waals surface area contributed by atoms with Gasteiger partial charge in [0.05, 0.1) is 0 Å². The molecule has 106 valence electrons. The van der Waals surface area contributed by atoms with E-state index in [9.17, 15) is 4.79 Å². The maximum absolute atomic E-state index is 12.1. The summed E-state index contributed by atoms with van der Waals surface area (Å²) in [4.78, 5) is 16.4. The molecule has 0 fully saturated rings. The van der Waals surface area contributed by atoms with E-state index in [2.05, 4.69) is 22.4 Å². The summed E-state index contributed by atoms with van der Waals surface area (Å²) < 4.78 is 0. The topological polar surface area (TPSA) is 44.9 Å². The Bertz CT molecular complexity index is 737. The van der Waals surface area contributed by atoms with Gasteiger partial charge in [-0.25, -0.2) is 0 Å². The fraction of sp³-hybridized carbons (Fsp3) is 0.118. The highest BCUT2D eigenvalue weighted by atomic mass is 32.2. The lowest BCUT2D eigenvalue weighted by Gasteiger charge is -2.05. The molecule has 0 saturated carbocycles. The van der Waals surface area contributed by atoms with Crippen molar-refractivity contribution in [2.75, 3.05) is 12.3 Å². The van der Waals surface area contributed by atoms with Gasteiger partial charge in [0.2, 0.25) is 0 Å². The van der Waals surface area contributed by atoms with Crippen molar-refractivity contribution in [1.29, 1.82) is 0 Å². The van der Waals surface area contributed by atoms with Gasteiger partial charge in [0.15, 0.2) is 0 Å². The average molecular weight is 296 g/mol. The number of aromatic nitrogens is 1. The van der Waals surface area contributed by atoms with E-state index in [0.717, 1.165) is 16.7 Å². The molecule has 0 unspecified atom stereocenters. The molecular formula is C17H16N2OS. The van der Waals surface area contributed by atoms with Crippen molar-refractivity contribution in [3.05, 3.63) is 66.4 Å². The number of H-pyrrole nitrogens is 1. The van der Waals surface area contributed by atoms with Crippen LogP contribution in [0, 0.1) is 0 Å². The number of hydrogen-bond acceptors (Lipinski definition) is 2. The Labute approximate surface area is 127 Å². The second-order valence-electron chi connectivity index (χ2n) is 4.70. The largest absolute Gasteiger partial charge is 0.361 e. The molecule has 1 aromatic heterocycles. The Hall–Kier alpha value is -2.20. The van der Waals surface area contributed by atoms with Crippen LogP contribution in [-0.2, 0) is 0 Å². The van der Waals surface area contributed by atoms with Crippen molar-refractivity contribution in [1.82, 2.24) is 10.3 Å². The second-order valence-corrected chi connectivity index (χ2v) is 5.87. The molecule has 0 saturated heterocycles. The highest BCUT2D eigenvalue weighted by molar-refractivity contribution is 7.99. The molecule has 3 aromatic rings. The first-order valence-electron chi connectivity index (χ1n) is 6.86. The molecule has 4 heteroatoms. The van der Waals surface area contributed by atoms with Gasteiger partial charge in [-0.15, -0.1) is 11.8 Å². The molecule has 0 aliphatic carbocycles. The number of fused-ring (bicyclic) bond motifs is 1. The average Bonchev–Trinajstić information content (AvgIpc) is 3.00. The molecule has 1 amide bonds. The highest BCUT2D eigenvalue weighted by Gasteiger charge is 2.06. The summed E-state index contributed by atoms with van der Waals surface area (Å²) in [6.07, 6.45) is 1.88. The third-order valence-electron chi connectivity index (χ3n) is 3.22. The molecule has 1 heterocycles. The van der Waals surface area contributed by atoms with Crippen LogP contribution in [-0.4, -0.2) is 23.2 Å². The van der Waals surface area contributed by atoms with E-state index < -0.39 is 0 Å². The number of amides is 1.